The summed E-state index contributed by atoms with van der Waals surface area (Å²) < 4.78 is 0. The number of carbonyl (C=O) groups is 6. The topological polar surface area (TPSA) is 240 Å². The molecule has 0 aliphatic carbocycles. The lowest BCUT2D eigenvalue weighted by atomic mass is 9.93. The molecule has 4 atom stereocenters. The van der Waals surface area contributed by atoms with Crippen LogP contribution in [-0.2, 0) is 36.8 Å². The van der Waals surface area contributed by atoms with Crippen LogP contribution in [0, 0.1) is 0 Å². The second-order valence-corrected chi connectivity index (χ2v) is 17.4. The Bertz CT molecular complexity index is 2340. The van der Waals surface area contributed by atoms with Crippen molar-refractivity contribution in [3.63, 3.8) is 0 Å². The SMILES string of the molecule is CCCCCCCCCc1ccc(-c2ccc(C(=O)NCCC(=O)N[C@@H](CCCCN)C(=O)N(C)[C@@H]3C(=O)N[C@@H](C)C(=O)N[C@H](C(=O)O)Cc4ccc(O)c(c4)-c4cc3ccc4O)cc2)cc1. The molecule has 0 radical (unpaired) electrons. The van der Waals surface area contributed by atoms with Crippen molar-refractivity contribution in [2.45, 2.75) is 121 Å². The molecule has 1 aliphatic heterocycles. The maximum Gasteiger partial charge on any atom is 0.326 e. The zero-order chi connectivity index (χ0) is 48.5. The predicted octanol–water partition coefficient (Wildman–Crippen LogP) is 6.29. The highest BCUT2D eigenvalue weighted by Gasteiger charge is 2.36. The van der Waals surface area contributed by atoms with Crippen molar-refractivity contribution in [1.82, 2.24) is 26.2 Å². The molecular formula is C52H66N6O9. The second-order valence-electron chi connectivity index (χ2n) is 17.4. The Morgan fingerprint density at radius 1 is 0.776 bits per heavy atom. The second kappa shape index (κ2) is 25.2. The normalized spacial score (nSPS) is 16.4. The number of phenolic OH excluding ortho intramolecular Hbond substituents is 2. The molecule has 4 bridgehead atoms. The Kier molecular flexibility index (Phi) is 19.3. The Morgan fingerprint density at radius 3 is 2.06 bits per heavy atom. The number of nitrogens with zero attached hydrogens (tertiary/aromatic N) is 1. The van der Waals surface area contributed by atoms with Gasteiger partial charge in [-0.15, -0.1) is 0 Å². The number of carboxylic acids is 1. The molecule has 9 N–H and O–H groups in total. The van der Waals surface area contributed by atoms with E-state index < -0.39 is 53.8 Å². The average molecular weight is 919 g/mol. The predicted molar refractivity (Wildman–Crippen MR) is 257 cm³/mol. The number of carboxylic acid groups (broad SMARTS) is 1. The van der Waals surface area contributed by atoms with Crippen molar-refractivity contribution >= 4 is 35.5 Å². The van der Waals surface area contributed by atoms with Gasteiger partial charge >= 0.3 is 5.97 Å². The summed E-state index contributed by atoms with van der Waals surface area (Å²) in [7, 11) is 1.37. The summed E-state index contributed by atoms with van der Waals surface area (Å²) in [6, 6.07) is 19.0. The van der Waals surface area contributed by atoms with Crippen molar-refractivity contribution in [3.8, 4) is 33.8 Å². The van der Waals surface area contributed by atoms with Crippen LogP contribution in [0.4, 0.5) is 0 Å². The Morgan fingerprint density at radius 2 is 1.40 bits per heavy atom. The van der Waals surface area contributed by atoms with Gasteiger partial charge in [-0.3, -0.25) is 24.0 Å². The summed E-state index contributed by atoms with van der Waals surface area (Å²) in [6.45, 7) is 3.92. The Balaban J connectivity index is 1.25. The number of aromatic hydroxyl groups is 2. The van der Waals surface area contributed by atoms with E-state index >= 15 is 0 Å². The molecule has 1 heterocycles. The summed E-state index contributed by atoms with van der Waals surface area (Å²) in [5, 5.41) is 42.4. The fourth-order valence-corrected chi connectivity index (χ4v) is 8.25. The first-order chi connectivity index (χ1) is 32.2. The number of unbranched alkanes of at least 4 members (excludes halogenated alkanes) is 7. The van der Waals surface area contributed by atoms with Crippen LogP contribution in [0.25, 0.3) is 22.3 Å². The van der Waals surface area contributed by atoms with Crippen LogP contribution in [0.1, 0.15) is 118 Å². The lowest BCUT2D eigenvalue weighted by molar-refractivity contribution is -0.144. The average Bonchev–Trinajstić information content (AvgIpc) is 3.31. The van der Waals surface area contributed by atoms with Gasteiger partial charge in [0, 0.05) is 43.1 Å². The number of hydrogen-bond acceptors (Lipinski definition) is 9. The first-order valence-electron chi connectivity index (χ1n) is 23.4. The van der Waals surface area contributed by atoms with Crippen molar-refractivity contribution < 1.29 is 44.1 Å². The molecule has 0 spiro atoms. The molecule has 0 unspecified atom stereocenters. The number of fused-ring (bicyclic) bond motifs is 5. The smallest absolute Gasteiger partial charge is 0.326 e. The molecule has 4 aromatic carbocycles. The fraction of sp³-hybridized carbons (Fsp3) is 0.423. The number of rotatable bonds is 21. The van der Waals surface area contributed by atoms with Crippen LogP contribution in [-0.4, -0.2) is 94.0 Å². The molecule has 4 aromatic rings. The van der Waals surface area contributed by atoms with Gasteiger partial charge in [-0.2, -0.15) is 0 Å². The molecule has 15 nitrogen and oxygen atoms in total. The standard InChI is InChI=1S/C52H66N6O9/c1-4-5-6-7-8-9-10-13-34-15-18-36(19-16-34)37-20-22-38(23-21-37)49(63)54-29-27-46(61)56-42(14-11-12-28-53)51(65)58(3)47-39-24-26-45(60)41(32-39)40-30-35(17-25-44(40)59)31-43(52(66)67)57-48(62)33(2)55-50(47)64/h15-26,30,32-33,42-43,47,59-60H,4-14,27-29,31,53H2,1-3H3,(H,54,63)(H,55,64)(H,56,61)(H,57,62)(H,66,67)/t33-,42-,43-,47-/m0/s1. The number of nitrogens with two attached hydrogens (primary N) is 1. The summed E-state index contributed by atoms with van der Waals surface area (Å²) in [5.41, 5.74) is 10.4. The van der Waals surface area contributed by atoms with Crippen molar-refractivity contribution in [3.05, 3.63) is 107 Å². The molecule has 15 heteroatoms. The first-order valence-corrected chi connectivity index (χ1v) is 23.4. The number of aryl methyl sites for hydroxylation is 1. The third-order valence-corrected chi connectivity index (χ3v) is 12.2. The molecule has 0 saturated carbocycles. The third-order valence-electron chi connectivity index (χ3n) is 12.2. The third kappa shape index (κ3) is 14.6. The first kappa shape index (κ1) is 51.2. The van der Waals surface area contributed by atoms with E-state index in [2.05, 4.69) is 52.5 Å². The Labute approximate surface area is 392 Å². The zero-order valence-corrected chi connectivity index (χ0v) is 38.8. The molecule has 5 rings (SSSR count). The van der Waals surface area contributed by atoms with E-state index in [1.54, 1.807) is 12.1 Å². The van der Waals surface area contributed by atoms with Gasteiger partial charge < -0.3 is 47.2 Å². The maximum absolute atomic E-state index is 14.4. The van der Waals surface area contributed by atoms with E-state index in [1.807, 2.05) is 12.1 Å². The maximum atomic E-state index is 14.4. The Hall–Kier alpha value is -6.74. The molecule has 5 amide bonds. The molecule has 0 fully saturated rings. The highest BCUT2D eigenvalue weighted by molar-refractivity contribution is 5.97. The molecule has 67 heavy (non-hydrogen) atoms. The summed E-state index contributed by atoms with van der Waals surface area (Å²) in [5.74, 6) is -4.99. The van der Waals surface area contributed by atoms with E-state index in [0.29, 0.717) is 30.5 Å². The molecule has 0 saturated heterocycles. The van der Waals surface area contributed by atoms with Crippen LogP contribution < -0.4 is 27.0 Å². The lowest BCUT2D eigenvalue weighted by Gasteiger charge is -2.32. The van der Waals surface area contributed by atoms with Crippen molar-refractivity contribution in [2.75, 3.05) is 20.1 Å². The van der Waals surface area contributed by atoms with Crippen LogP contribution in [0.15, 0.2) is 84.9 Å². The highest BCUT2D eigenvalue weighted by Crippen LogP contribution is 2.39. The largest absolute Gasteiger partial charge is 0.507 e. The van der Waals surface area contributed by atoms with Crippen LogP contribution in [0.5, 0.6) is 11.5 Å². The summed E-state index contributed by atoms with van der Waals surface area (Å²) in [6.07, 6.45) is 10.8. The number of aliphatic carboxylic acids is 1. The minimum absolute atomic E-state index is 0.0236. The van der Waals surface area contributed by atoms with Crippen molar-refractivity contribution in [2.24, 2.45) is 5.73 Å². The summed E-state index contributed by atoms with van der Waals surface area (Å²) >= 11 is 0. The number of carbonyl (C=O) groups excluding carboxylic acids is 5. The van der Waals surface area contributed by atoms with Gasteiger partial charge in [0.15, 0.2) is 0 Å². The molecule has 1 aliphatic rings. The van der Waals surface area contributed by atoms with Gasteiger partial charge in [0.05, 0.1) is 0 Å². The quantitative estimate of drug-likeness (QED) is 0.0435. The number of phenols is 2. The van der Waals surface area contributed by atoms with Gasteiger partial charge in [-0.1, -0.05) is 94.0 Å². The molecular weight excluding hydrogens is 853 g/mol. The van der Waals surface area contributed by atoms with E-state index in [-0.39, 0.29) is 59.9 Å². The van der Waals surface area contributed by atoms with Gasteiger partial charge in [0.1, 0.15) is 35.7 Å². The van der Waals surface area contributed by atoms with E-state index in [4.69, 9.17) is 5.73 Å². The number of benzene rings is 4. The van der Waals surface area contributed by atoms with Crippen LogP contribution in [0.2, 0.25) is 0 Å². The zero-order valence-electron chi connectivity index (χ0n) is 38.8. The summed E-state index contributed by atoms with van der Waals surface area (Å²) in [4.78, 5) is 81.7. The number of amides is 5. The van der Waals surface area contributed by atoms with E-state index in [1.165, 1.54) is 101 Å². The molecule has 0 aromatic heterocycles. The van der Waals surface area contributed by atoms with Gasteiger partial charge in [0.25, 0.3) is 5.91 Å². The lowest BCUT2D eigenvalue weighted by Crippen LogP contribution is -2.54. The number of hydrogen-bond donors (Lipinski definition) is 8. The number of likely N-dealkylation sites (N-methyl/N-ethyl adjacent to an activating group) is 1. The van der Waals surface area contributed by atoms with Gasteiger partial charge in [-0.25, -0.2) is 4.79 Å². The van der Waals surface area contributed by atoms with Crippen LogP contribution in [0.3, 0.4) is 0 Å². The fourth-order valence-electron chi connectivity index (χ4n) is 8.25. The van der Waals surface area contributed by atoms with Gasteiger partial charge in [-0.05, 0) is 110 Å². The van der Waals surface area contributed by atoms with Crippen LogP contribution >= 0.6 is 0 Å². The monoisotopic (exact) mass is 918 g/mol. The number of nitrogens with one attached hydrogen (secondary N) is 4. The highest BCUT2D eigenvalue weighted by atomic mass is 16.4. The minimum atomic E-state index is -1.44. The van der Waals surface area contributed by atoms with Crippen molar-refractivity contribution in [1.29, 1.82) is 0 Å². The van der Waals surface area contributed by atoms with E-state index in [9.17, 15) is 44.1 Å². The molecule has 358 valence electrons. The van der Waals surface area contributed by atoms with Gasteiger partial charge in [0.2, 0.25) is 23.6 Å². The minimum Gasteiger partial charge on any atom is -0.507 e. The van der Waals surface area contributed by atoms with E-state index in [0.717, 1.165) is 22.4 Å².